The van der Waals surface area contributed by atoms with Crippen LogP contribution < -0.4 is 14.1 Å². The lowest BCUT2D eigenvalue weighted by Crippen LogP contribution is -2.21. The van der Waals surface area contributed by atoms with Crippen molar-refractivity contribution in [3.8, 4) is 11.6 Å². The van der Waals surface area contributed by atoms with E-state index in [9.17, 15) is 8.68 Å². The molecule has 30 heavy (non-hydrogen) atoms. The molecule has 4 rings (SSSR count). The topological polar surface area (TPSA) is 70.1 Å². The number of pyridine rings is 1. The first-order valence-corrected chi connectivity index (χ1v) is 10.4. The summed E-state index contributed by atoms with van der Waals surface area (Å²) >= 11 is 1.23. The number of hydrogen-bond donors (Lipinski definition) is 0. The first-order valence-electron chi connectivity index (χ1n) is 8.91. The average Bonchev–Trinajstić information content (AvgIpc) is 3.26. The summed E-state index contributed by atoms with van der Waals surface area (Å²) in [6.07, 6.45) is 5.06. The lowest BCUT2D eigenvalue weighted by atomic mass is 10.2. The number of rotatable bonds is 6. The molecule has 0 amide bonds. The van der Waals surface area contributed by atoms with E-state index in [0.29, 0.717) is 22.2 Å². The second-order valence-electron chi connectivity index (χ2n) is 6.57. The highest BCUT2D eigenvalue weighted by molar-refractivity contribution is 8.16. The number of nitrogens with zero attached hydrogens (tertiary/aromatic N) is 6. The molecule has 156 valence electrons. The van der Waals surface area contributed by atoms with Crippen molar-refractivity contribution in [2.45, 2.75) is 11.8 Å². The van der Waals surface area contributed by atoms with Crippen LogP contribution in [-0.4, -0.2) is 31.0 Å². The van der Waals surface area contributed by atoms with Crippen molar-refractivity contribution in [2.24, 2.45) is 14.1 Å². The average molecular weight is 447 g/mol. The molecule has 0 atom stereocenters. The normalized spacial score (nSPS) is 11.2. The zero-order valence-electron chi connectivity index (χ0n) is 16.7. The van der Waals surface area contributed by atoms with Crippen LogP contribution in [-0.2, 0) is 14.1 Å². The van der Waals surface area contributed by atoms with Crippen LogP contribution in [0.3, 0.4) is 0 Å². The standard InChI is InChI=1S/C19H19FN6O2S2/c1-12-11-25(19(27)23(12)2)16-8-6-14(10-21-16)29-26(30-20)18-15(28-4)7-5-13-9-22-24(3)17(13)18/h5-11H,1-4H3. The van der Waals surface area contributed by atoms with Crippen molar-refractivity contribution in [3.05, 3.63) is 59.0 Å². The Labute approximate surface area is 180 Å². The molecule has 11 heteroatoms. The number of ether oxygens (including phenoxy) is 1. The third kappa shape index (κ3) is 3.43. The molecule has 0 fully saturated rings. The number of aromatic nitrogens is 5. The second kappa shape index (κ2) is 8.07. The van der Waals surface area contributed by atoms with Crippen LogP contribution >= 0.6 is 24.3 Å². The van der Waals surface area contributed by atoms with E-state index in [2.05, 4.69) is 10.1 Å². The lowest BCUT2D eigenvalue weighted by molar-refractivity contribution is 0.417. The highest BCUT2D eigenvalue weighted by atomic mass is 32.2. The SMILES string of the molecule is COc1ccc2cnn(C)c2c1N(SF)Sc1ccc(-n2cc(C)n(C)c2=O)nc1. The second-order valence-corrected chi connectivity index (χ2v) is 8.33. The van der Waals surface area contributed by atoms with Gasteiger partial charge in [-0.3, -0.25) is 13.8 Å². The summed E-state index contributed by atoms with van der Waals surface area (Å²) in [6.45, 7) is 1.85. The van der Waals surface area contributed by atoms with Gasteiger partial charge in [0.2, 0.25) is 0 Å². The van der Waals surface area contributed by atoms with Crippen molar-refractivity contribution < 1.29 is 8.62 Å². The van der Waals surface area contributed by atoms with Gasteiger partial charge < -0.3 is 4.74 Å². The van der Waals surface area contributed by atoms with Crippen LogP contribution in [0.5, 0.6) is 5.75 Å². The van der Waals surface area contributed by atoms with Gasteiger partial charge in [-0.25, -0.2) is 13.5 Å². The Balaban J connectivity index is 1.68. The van der Waals surface area contributed by atoms with E-state index in [1.165, 1.54) is 8.28 Å². The fourth-order valence-electron chi connectivity index (χ4n) is 3.13. The first kappa shape index (κ1) is 20.4. The molecule has 1 aromatic carbocycles. The summed E-state index contributed by atoms with van der Waals surface area (Å²) in [5.41, 5.74) is 1.97. The molecule has 0 aliphatic heterocycles. The quantitative estimate of drug-likeness (QED) is 0.417. The number of anilines is 1. The van der Waals surface area contributed by atoms with Crippen molar-refractivity contribution in [3.63, 3.8) is 0 Å². The van der Waals surface area contributed by atoms with Crippen molar-refractivity contribution >= 4 is 40.9 Å². The minimum atomic E-state index is -0.172. The maximum atomic E-state index is 14.0. The van der Waals surface area contributed by atoms with Gasteiger partial charge in [-0.15, -0.1) is 3.89 Å². The van der Waals surface area contributed by atoms with Crippen molar-refractivity contribution in [1.29, 1.82) is 0 Å². The largest absolute Gasteiger partial charge is 0.494 e. The molecule has 0 saturated carbocycles. The van der Waals surface area contributed by atoms with Gasteiger partial charge in [0.1, 0.15) is 17.3 Å². The van der Waals surface area contributed by atoms with E-state index >= 15 is 0 Å². The smallest absolute Gasteiger partial charge is 0.333 e. The Morgan fingerprint density at radius 1 is 1.17 bits per heavy atom. The van der Waals surface area contributed by atoms with E-state index in [4.69, 9.17) is 4.74 Å². The van der Waals surface area contributed by atoms with Gasteiger partial charge in [-0.1, -0.05) is 0 Å². The van der Waals surface area contributed by atoms with E-state index in [1.54, 1.807) is 67.2 Å². The first-order chi connectivity index (χ1) is 14.4. The molecule has 0 radical (unpaired) electrons. The Kier molecular flexibility index (Phi) is 5.48. The molecule has 0 N–H and O–H groups in total. The monoisotopic (exact) mass is 446 g/mol. The van der Waals surface area contributed by atoms with Gasteiger partial charge in [0, 0.05) is 54.4 Å². The van der Waals surface area contributed by atoms with Gasteiger partial charge in [0.15, 0.2) is 12.3 Å². The van der Waals surface area contributed by atoms with E-state index in [-0.39, 0.29) is 18.0 Å². The summed E-state index contributed by atoms with van der Waals surface area (Å²) < 4.78 is 25.6. The van der Waals surface area contributed by atoms with Gasteiger partial charge in [-0.05, 0) is 31.2 Å². The number of benzene rings is 1. The molecular weight excluding hydrogens is 427 g/mol. The van der Waals surface area contributed by atoms with Crippen molar-refractivity contribution in [1.82, 2.24) is 23.9 Å². The molecule has 3 heterocycles. The highest BCUT2D eigenvalue weighted by Crippen LogP contribution is 2.45. The fraction of sp³-hybridized carbons (Fsp3) is 0.211. The molecule has 4 aromatic rings. The van der Waals surface area contributed by atoms with Gasteiger partial charge in [-0.2, -0.15) is 5.10 Å². The van der Waals surface area contributed by atoms with Crippen LogP contribution in [0.25, 0.3) is 16.7 Å². The Hall–Kier alpha value is -2.92. The van der Waals surface area contributed by atoms with Crippen LogP contribution in [0.15, 0.2) is 52.5 Å². The molecule has 0 spiro atoms. The van der Waals surface area contributed by atoms with E-state index < -0.39 is 0 Å². The molecule has 0 aliphatic carbocycles. The Bertz CT molecular complexity index is 1260. The predicted molar refractivity (Wildman–Crippen MR) is 118 cm³/mol. The molecule has 0 saturated heterocycles. The lowest BCUT2D eigenvalue weighted by Gasteiger charge is -2.21. The molecule has 0 bridgehead atoms. The van der Waals surface area contributed by atoms with E-state index in [0.717, 1.165) is 28.5 Å². The summed E-state index contributed by atoms with van der Waals surface area (Å²) in [4.78, 5) is 17.4. The number of aryl methyl sites for hydroxylation is 2. The number of methoxy groups -OCH3 is 1. The summed E-state index contributed by atoms with van der Waals surface area (Å²) in [6, 6.07) is 7.19. The van der Waals surface area contributed by atoms with Crippen LogP contribution in [0, 0.1) is 6.92 Å². The Morgan fingerprint density at radius 3 is 2.57 bits per heavy atom. The number of fused-ring (bicyclic) bond motifs is 1. The zero-order valence-corrected chi connectivity index (χ0v) is 18.4. The summed E-state index contributed by atoms with van der Waals surface area (Å²) in [7, 11) is 5.05. The molecule has 0 aliphatic rings. The Morgan fingerprint density at radius 2 is 1.97 bits per heavy atom. The predicted octanol–water partition coefficient (Wildman–Crippen LogP) is 3.82. The van der Waals surface area contributed by atoms with Crippen LogP contribution in [0.4, 0.5) is 9.57 Å². The zero-order chi connectivity index (χ0) is 21.4. The minimum Gasteiger partial charge on any atom is -0.494 e. The van der Waals surface area contributed by atoms with Crippen LogP contribution in [0.2, 0.25) is 0 Å². The number of imidazole rings is 1. The van der Waals surface area contributed by atoms with Gasteiger partial charge in [0.25, 0.3) is 0 Å². The van der Waals surface area contributed by atoms with Gasteiger partial charge >= 0.3 is 5.69 Å². The summed E-state index contributed by atoms with van der Waals surface area (Å²) in [5.74, 6) is 1.03. The van der Waals surface area contributed by atoms with Gasteiger partial charge in [0.05, 0.1) is 18.8 Å². The third-order valence-electron chi connectivity index (χ3n) is 4.80. The maximum absolute atomic E-state index is 14.0. The molecule has 3 aromatic heterocycles. The highest BCUT2D eigenvalue weighted by Gasteiger charge is 2.22. The molecule has 0 unspecified atom stereocenters. The maximum Gasteiger partial charge on any atom is 0.333 e. The van der Waals surface area contributed by atoms with E-state index in [1.807, 2.05) is 13.0 Å². The fourth-order valence-corrected chi connectivity index (χ4v) is 4.44. The van der Waals surface area contributed by atoms with Crippen LogP contribution in [0.1, 0.15) is 5.69 Å². The molecule has 8 nitrogen and oxygen atoms in total. The minimum absolute atomic E-state index is 0.0715. The third-order valence-corrected chi connectivity index (χ3v) is 6.30. The number of hydrogen-bond acceptors (Lipinski definition) is 7. The van der Waals surface area contributed by atoms with Crippen molar-refractivity contribution in [2.75, 3.05) is 10.8 Å². The molecular formula is C19H19FN6O2S2. The number of halogens is 1. The summed E-state index contributed by atoms with van der Waals surface area (Å²) in [5, 5.41) is 5.14.